The molecule has 2 atom stereocenters. The number of hydrogen-bond donors (Lipinski definition) is 0. The summed E-state index contributed by atoms with van der Waals surface area (Å²) < 4.78 is 0. The summed E-state index contributed by atoms with van der Waals surface area (Å²) in [6.07, 6.45) is 10.2. The summed E-state index contributed by atoms with van der Waals surface area (Å²) in [6.45, 7) is 8.02. The minimum Gasteiger partial charge on any atom is -0.293 e. The van der Waals surface area contributed by atoms with E-state index in [0.29, 0.717) is 0 Å². The number of benzene rings is 1. The van der Waals surface area contributed by atoms with Gasteiger partial charge in [-0.1, -0.05) is 77.3 Å². The van der Waals surface area contributed by atoms with E-state index >= 15 is 0 Å². The first-order valence-electron chi connectivity index (χ1n) is 11.3. The summed E-state index contributed by atoms with van der Waals surface area (Å²) in [4.78, 5) is 45.1. The smallest absolute Gasteiger partial charge is 0.293 e. The molecular weight excluding hydrogens is 384 g/mol. The standard InChI is InChI=1S/C24H38O6/c1-5-7-9-11-15-19(3)27-29-23(25)21-17-13-14-18-22(21)24(26)30-28-20(4)16-12-10-8-6-2/h13-14,17-20H,5-12,15-16H2,1-4H3. The molecule has 30 heavy (non-hydrogen) atoms. The van der Waals surface area contributed by atoms with Gasteiger partial charge in [-0.25, -0.2) is 9.59 Å². The van der Waals surface area contributed by atoms with E-state index in [1.807, 2.05) is 13.8 Å². The van der Waals surface area contributed by atoms with Gasteiger partial charge in [0.15, 0.2) is 0 Å². The Balaban J connectivity index is 2.49. The van der Waals surface area contributed by atoms with Gasteiger partial charge in [-0.3, -0.25) is 9.78 Å². The molecule has 0 aliphatic rings. The average molecular weight is 423 g/mol. The Kier molecular flexibility index (Phi) is 13.8. The van der Waals surface area contributed by atoms with E-state index in [9.17, 15) is 9.59 Å². The van der Waals surface area contributed by atoms with Crippen molar-refractivity contribution in [2.45, 2.75) is 104 Å². The molecule has 0 heterocycles. The Morgan fingerprint density at radius 2 is 1.10 bits per heavy atom. The van der Waals surface area contributed by atoms with Crippen LogP contribution in [0.25, 0.3) is 0 Å². The van der Waals surface area contributed by atoms with Crippen molar-refractivity contribution >= 4 is 11.9 Å². The summed E-state index contributed by atoms with van der Waals surface area (Å²) in [5, 5.41) is 0. The Labute approximate surface area is 181 Å². The molecule has 1 aromatic rings. The Bertz CT molecular complexity index is 562. The van der Waals surface area contributed by atoms with Crippen molar-refractivity contribution < 1.29 is 29.1 Å². The van der Waals surface area contributed by atoms with Crippen LogP contribution in [0.3, 0.4) is 0 Å². The van der Waals surface area contributed by atoms with Crippen LogP contribution in [0.4, 0.5) is 0 Å². The minimum atomic E-state index is -0.726. The van der Waals surface area contributed by atoms with Crippen LogP contribution in [0.15, 0.2) is 24.3 Å². The molecule has 0 radical (unpaired) electrons. The van der Waals surface area contributed by atoms with Crippen molar-refractivity contribution in [1.29, 1.82) is 0 Å². The molecule has 0 aromatic heterocycles. The SMILES string of the molecule is CCCCCCC(C)OOC(=O)c1ccccc1C(=O)OOC(C)CCCCCC. The summed E-state index contributed by atoms with van der Waals surface area (Å²) in [5.41, 5.74) is 0.166. The minimum absolute atomic E-state index is 0.0832. The quantitative estimate of drug-likeness (QED) is 0.170. The Morgan fingerprint density at radius 1 is 0.700 bits per heavy atom. The molecule has 2 unspecified atom stereocenters. The van der Waals surface area contributed by atoms with Crippen LogP contribution in [0.5, 0.6) is 0 Å². The van der Waals surface area contributed by atoms with Gasteiger partial charge in [-0.05, 0) is 38.8 Å². The number of carbonyl (C=O) groups excluding carboxylic acids is 2. The van der Waals surface area contributed by atoms with Crippen LogP contribution in [-0.2, 0) is 19.6 Å². The first kappa shape index (κ1) is 26.1. The maximum absolute atomic E-state index is 12.4. The second-order valence-corrected chi connectivity index (χ2v) is 7.80. The van der Waals surface area contributed by atoms with Gasteiger partial charge in [-0.15, -0.1) is 0 Å². The molecule has 0 fully saturated rings. The lowest BCUT2D eigenvalue weighted by atomic mass is 10.1. The zero-order valence-electron chi connectivity index (χ0n) is 19.0. The topological polar surface area (TPSA) is 71.1 Å². The predicted molar refractivity (Wildman–Crippen MR) is 116 cm³/mol. The first-order valence-corrected chi connectivity index (χ1v) is 11.3. The molecule has 170 valence electrons. The van der Waals surface area contributed by atoms with E-state index in [-0.39, 0.29) is 23.3 Å². The van der Waals surface area contributed by atoms with Crippen LogP contribution in [0, 0.1) is 0 Å². The van der Waals surface area contributed by atoms with Gasteiger partial charge in [0, 0.05) is 0 Å². The lowest BCUT2D eigenvalue weighted by molar-refractivity contribution is -0.272. The molecule has 0 saturated carbocycles. The van der Waals surface area contributed by atoms with Crippen molar-refractivity contribution in [1.82, 2.24) is 0 Å². The fraction of sp³-hybridized carbons (Fsp3) is 0.667. The monoisotopic (exact) mass is 422 g/mol. The van der Waals surface area contributed by atoms with E-state index in [2.05, 4.69) is 13.8 Å². The zero-order chi connectivity index (χ0) is 22.2. The van der Waals surface area contributed by atoms with Crippen LogP contribution in [0.2, 0.25) is 0 Å². The molecule has 0 aliphatic heterocycles. The fourth-order valence-corrected chi connectivity index (χ4v) is 2.99. The molecule has 0 aliphatic carbocycles. The third-order valence-electron chi connectivity index (χ3n) is 4.87. The number of unbranched alkanes of at least 4 members (excludes halogenated alkanes) is 6. The van der Waals surface area contributed by atoms with E-state index in [0.717, 1.165) is 38.5 Å². The second kappa shape index (κ2) is 15.9. The molecule has 0 spiro atoms. The highest BCUT2D eigenvalue weighted by atomic mass is 17.2. The Hall–Kier alpha value is -1.92. The molecule has 1 aromatic carbocycles. The number of rotatable bonds is 16. The van der Waals surface area contributed by atoms with Crippen molar-refractivity contribution in [3.05, 3.63) is 35.4 Å². The number of carbonyl (C=O) groups is 2. The molecule has 0 N–H and O–H groups in total. The van der Waals surface area contributed by atoms with Gasteiger partial charge in [0.05, 0.1) is 11.1 Å². The molecule has 0 bridgehead atoms. The largest absolute Gasteiger partial charge is 0.373 e. The third-order valence-corrected chi connectivity index (χ3v) is 4.87. The summed E-state index contributed by atoms with van der Waals surface area (Å²) >= 11 is 0. The summed E-state index contributed by atoms with van der Waals surface area (Å²) in [5.74, 6) is -1.45. The highest BCUT2D eigenvalue weighted by Gasteiger charge is 2.22. The zero-order valence-corrected chi connectivity index (χ0v) is 19.0. The fourth-order valence-electron chi connectivity index (χ4n) is 2.99. The van der Waals surface area contributed by atoms with Gasteiger partial charge in [0.1, 0.15) is 12.2 Å². The maximum Gasteiger partial charge on any atom is 0.373 e. The van der Waals surface area contributed by atoms with Crippen LogP contribution < -0.4 is 0 Å². The van der Waals surface area contributed by atoms with E-state index in [1.165, 1.54) is 37.8 Å². The molecule has 1 rings (SSSR count). The number of hydrogen-bond acceptors (Lipinski definition) is 6. The normalized spacial score (nSPS) is 12.9. The predicted octanol–water partition coefficient (Wildman–Crippen LogP) is 6.58. The molecule has 6 nitrogen and oxygen atoms in total. The van der Waals surface area contributed by atoms with Gasteiger partial charge in [-0.2, -0.15) is 9.78 Å². The van der Waals surface area contributed by atoms with Crippen LogP contribution in [0.1, 0.15) is 113 Å². The maximum atomic E-state index is 12.4. The summed E-state index contributed by atoms with van der Waals surface area (Å²) in [6, 6.07) is 6.31. The first-order chi connectivity index (χ1) is 14.5. The van der Waals surface area contributed by atoms with Gasteiger partial charge < -0.3 is 0 Å². The van der Waals surface area contributed by atoms with Crippen LogP contribution in [-0.4, -0.2) is 24.1 Å². The van der Waals surface area contributed by atoms with E-state index in [4.69, 9.17) is 19.6 Å². The third kappa shape index (κ3) is 10.7. The Morgan fingerprint density at radius 3 is 1.47 bits per heavy atom. The van der Waals surface area contributed by atoms with Gasteiger partial charge in [0.25, 0.3) is 0 Å². The second-order valence-electron chi connectivity index (χ2n) is 7.80. The van der Waals surface area contributed by atoms with Crippen LogP contribution >= 0.6 is 0 Å². The van der Waals surface area contributed by atoms with Crippen molar-refractivity contribution in [2.75, 3.05) is 0 Å². The lowest BCUT2D eigenvalue weighted by Gasteiger charge is -2.13. The molecular formula is C24H38O6. The van der Waals surface area contributed by atoms with Gasteiger partial charge >= 0.3 is 11.9 Å². The highest BCUT2D eigenvalue weighted by Crippen LogP contribution is 2.15. The lowest BCUT2D eigenvalue weighted by Crippen LogP contribution is -2.19. The van der Waals surface area contributed by atoms with E-state index < -0.39 is 11.9 Å². The van der Waals surface area contributed by atoms with E-state index in [1.54, 1.807) is 12.1 Å². The highest BCUT2D eigenvalue weighted by molar-refractivity contribution is 6.02. The van der Waals surface area contributed by atoms with Crippen molar-refractivity contribution in [3.8, 4) is 0 Å². The molecule has 6 heteroatoms. The average Bonchev–Trinajstić information content (AvgIpc) is 2.76. The molecule has 0 amide bonds. The summed E-state index contributed by atoms with van der Waals surface area (Å²) in [7, 11) is 0. The van der Waals surface area contributed by atoms with Crippen molar-refractivity contribution in [2.24, 2.45) is 0 Å². The molecule has 0 saturated heterocycles. The van der Waals surface area contributed by atoms with Crippen molar-refractivity contribution in [3.63, 3.8) is 0 Å². The van der Waals surface area contributed by atoms with Gasteiger partial charge in [0.2, 0.25) is 0 Å².